The lowest BCUT2D eigenvalue weighted by atomic mass is 9.90. The van der Waals surface area contributed by atoms with Crippen molar-refractivity contribution in [1.29, 1.82) is 0 Å². The molecule has 126 valence electrons. The Balaban J connectivity index is 2.42. The van der Waals surface area contributed by atoms with Gasteiger partial charge < -0.3 is 20.5 Å². The Morgan fingerprint density at radius 2 is 1.67 bits per heavy atom. The first kappa shape index (κ1) is 17.3. The van der Waals surface area contributed by atoms with E-state index in [1.165, 1.54) is 14.2 Å². The molecule has 0 saturated heterocycles. The van der Waals surface area contributed by atoms with Crippen molar-refractivity contribution in [3.63, 3.8) is 0 Å². The number of ether oxygens (including phenoxy) is 2. The molecule has 0 heterocycles. The molecule has 6 heteroatoms. The second-order valence-corrected chi connectivity index (χ2v) is 5.35. The van der Waals surface area contributed by atoms with Crippen LogP contribution in [0.5, 0.6) is 11.5 Å². The summed E-state index contributed by atoms with van der Waals surface area (Å²) in [5.74, 6) is -0.442. The maximum absolute atomic E-state index is 12.7. The number of benzene rings is 2. The van der Waals surface area contributed by atoms with Crippen LogP contribution >= 0.6 is 0 Å². The molecule has 0 radical (unpaired) electrons. The first-order chi connectivity index (χ1) is 11.4. The van der Waals surface area contributed by atoms with Crippen LogP contribution in [0.15, 0.2) is 48.5 Å². The van der Waals surface area contributed by atoms with Gasteiger partial charge in [0.2, 0.25) is 5.91 Å². The van der Waals surface area contributed by atoms with E-state index >= 15 is 0 Å². The molecule has 2 aromatic rings. The van der Waals surface area contributed by atoms with Gasteiger partial charge in [-0.05, 0) is 24.6 Å². The highest BCUT2D eigenvalue weighted by Gasteiger charge is 2.35. The van der Waals surface area contributed by atoms with E-state index in [0.717, 1.165) is 0 Å². The second kappa shape index (κ2) is 7.04. The molecule has 3 N–H and O–H groups in total. The summed E-state index contributed by atoms with van der Waals surface area (Å²) in [6, 6.07) is 13.8. The Bertz CT molecular complexity index is 746. The average molecular weight is 328 g/mol. The molecule has 0 aliphatic rings. The van der Waals surface area contributed by atoms with Crippen molar-refractivity contribution in [3.8, 4) is 11.5 Å². The number of nitrogens with two attached hydrogens (primary N) is 1. The monoisotopic (exact) mass is 328 g/mol. The minimum atomic E-state index is -1.35. The van der Waals surface area contributed by atoms with Crippen LogP contribution < -0.4 is 20.5 Å². The lowest BCUT2D eigenvalue weighted by Crippen LogP contribution is -2.52. The van der Waals surface area contributed by atoms with E-state index in [2.05, 4.69) is 5.32 Å². The zero-order valence-electron chi connectivity index (χ0n) is 13.8. The minimum Gasteiger partial charge on any atom is -0.493 e. The Kier molecular flexibility index (Phi) is 5.08. The van der Waals surface area contributed by atoms with Gasteiger partial charge in [0.05, 0.1) is 19.8 Å². The lowest BCUT2D eigenvalue weighted by molar-refractivity contribution is -0.123. The first-order valence-electron chi connectivity index (χ1n) is 7.33. The maximum Gasteiger partial charge on any atom is 0.256 e. The number of nitrogens with one attached hydrogen (secondary N) is 1. The van der Waals surface area contributed by atoms with Crippen molar-refractivity contribution in [2.24, 2.45) is 5.73 Å². The molecular formula is C18H20N2O4. The predicted octanol–water partition coefficient (Wildman–Crippen LogP) is 1.83. The number of para-hydroxylation sites is 1. The molecule has 2 rings (SSSR count). The van der Waals surface area contributed by atoms with Gasteiger partial charge in [-0.15, -0.1) is 0 Å². The number of rotatable bonds is 6. The summed E-state index contributed by atoms with van der Waals surface area (Å²) in [6.45, 7) is 1.56. The minimum absolute atomic E-state index is 0.250. The van der Waals surface area contributed by atoms with E-state index in [-0.39, 0.29) is 11.3 Å². The second-order valence-electron chi connectivity index (χ2n) is 5.35. The quantitative estimate of drug-likeness (QED) is 0.846. The van der Waals surface area contributed by atoms with Gasteiger partial charge in [-0.25, -0.2) is 0 Å². The molecule has 0 aromatic heterocycles. The molecule has 2 amide bonds. The van der Waals surface area contributed by atoms with Crippen LogP contribution in [0.2, 0.25) is 0 Å². The summed E-state index contributed by atoms with van der Waals surface area (Å²) in [4.78, 5) is 24.7. The van der Waals surface area contributed by atoms with E-state index in [9.17, 15) is 9.59 Å². The van der Waals surface area contributed by atoms with Crippen LogP contribution in [-0.2, 0) is 10.3 Å². The topological polar surface area (TPSA) is 90.6 Å². The van der Waals surface area contributed by atoms with Crippen LogP contribution in [0.1, 0.15) is 22.8 Å². The van der Waals surface area contributed by atoms with Crippen LogP contribution in [0.3, 0.4) is 0 Å². The van der Waals surface area contributed by atoms with Gasteiger partial charge in [0.25, 0.3) is 5.91 Å². The SMILES string of the molecule is COc1cccc(C(=O)NC(C)(C(N)=O)c2ccccc2)c1OC. The van der Waals surface area contributed by atoms with Gasteiger partial charge in [-0.1, -0.05) is 36.4 Å². The third kappa shape index (κ3) is 3.17. The molecule has 24 heavy (non-hydrogen) atoms. The average Bonchev–Trinajstić information content (AvgIpc) is 2.61. The van der Waals surface area contributed by atoms with E-state index in [1.807, 2.05) is 6.07 Å². The summed E-state index contributed by atoms with van der Waals surface area (Å²) in [5, 5.41) is 2.70. The highest BCUT2D eigenvalue weighted by Crippen LogP contribution is 2.31. The maximum atomic E-state index is 12.7. The summed E-state index contributed by atoms with van der Waals surface area (Å²) in [6.07, 6.45) is 0. The molecule has 0 aliphatic heterocycles. The highest BCUT2D eigenvalue weighted by atomic mass is 16.5. The van der Waals surface area contributed by atoms with Crippen molar-refractivity contribution in [2.75, 3.05) is 14.2 Å². The van der Waals surface area contributed by atoms with Gasteiger partial charge in [-0.3, -0.25) is 9.59 Å². The first-order valence-corrected chi connectivity index (χ1v) is 7.33. The highest BCUT2D eigenvalue weighted by molar-refractivity contribution is 6.01. The fourth-order valence-corrected chi connectivity index (χ4v) is 2.41. The van der Waals surface area contributed by atoms with Crippen molar-refractivity contribution in [1.82, 2.24) is 5.32 Å². The van der Waals surface area contributed by atoms with Crippen LogP contribution in [0.4, 0.5) is 0 Å². The Morgan fingerprint density at radius 1 is 1.00 bits per heavy atom. The van der Waals surface area contributed by atoms with E-state index in [1.54, 1.807) is 49.4 Å². The van der Waals surface area contributed by atoms with Crippen LogP contribution in [0, 0.1) is 0 Å². The standard InChI is InChI=1S/C18H20N2O4/c1-18(17(19)22,12-8-5-4-6-9-12)20-16(21)13-10-7-11-14(23-2)15(13)24-3/h4-11H,1-3H3,(H2,19,22)(H,20,21). The normalized spacial score (nSPS) is 12.8. The Morgan fingerprint density at radius 3 is 2.21 bits per heavy atom. The molecule has 0 saturated carbocycles. The van der Waals surface area contributed by atoms with Crippen molar-refractivity contribution in [2.45, 2.75) is 12.5 Å². The Labute approximate surface area is 140 Å². The summed E-state index contributed by atoms with van der Waals surface area (Å²) in [5.41, 5.74) is 5.03. The van der Waals surface area contributed by atoms with Crippen LogP contribution in [-0.4, -0.2) is 26.0 Å². The molecule has 0 aliphatic carbocycles. The van der Waals surface area contributed by atoms with Crippen LogP contribution in [0.25, 0.3) is 0 Å². The van der Waals surface area contributed by atoms with E-state index < -0.39 is 17.4 Å². The number of carbonyl (C=O) groups excluding carboxylic acids is 2. The van der Waals surface area contributed by atoms with Crippen molar-refractivity contribution in [3.05, 3.63) is 59.7 Å². The number of hydrogen-bond donors (Lipinski definition) is 2. The van der Waals surface area contributed by atoms with Crippen molar-refractivity contribution < 1.29 is 19.1 Å². The van der Waals surface area contributed by atoms with Crippen molar-refractivity contribution >= 4 is 11.8 Å². The Hall–Kier alpha value is -3.02. The smallest absolute Gasteiger partial charge is 0.256 e. The lowest BCUT2D eigenvalue weighted by Gasteiger charge is -2.28. The fourth-order valence-electron chi connectivity index (χ4n) is 2.41. The van der Waals surface area contributed by atoms with Gasteiger partial charge in [0.15, 0.2) is 11.5 Å². The molecule has 6 nitrogen and oxygen atoms in total. The molecule has 0 spiro atoms. The number of carbonyl (C=O) groups is 2. The fraction of sp³-hybridized carbons (Fsp3) is 0.222. The zero-order valence-corrected chi connectivity index (χ0v) is 13.8. The van der Waals surface area contributed by atoms with Gasteiger partial charge in [0, 0.05) is 0 Å². The van der Waals surface area contributed by atoms with Gasteiger partial charge in [0.1, 0.15) is 5.54 Å². The summed E-state index contributed by atoms with van der Waals surface area (Å²) >= 11 is 0. The number of amides is 2. The molecule has 1 unspecified atom stereocenters. The number of methoxy groups -OCH3 is 2. The van der Waals surface area contributed by atoms with Gasteiger partial charge >= 0.3 is 0 Å². The van der Waals surface area contributed by atoms with E-state index in [0.29, 0.717) is 11.3 Å². The third-order valence-electron chi connectivity index (χ3n) is 3.86. The largest absolute Gasteiger partial charge is 0.493 e. The molecule has 1 atom stereocenters. The summed E-state index contributed by atoms with van der Waals surface area (Å²) < 4.78 is 10.5. The third-order valence-corrected chi connectivity index (χ3v) is 3.86. The zero-order chi connectivity index (χ0) is 17.7. The number of hydrogen-bond acceptors (Lipinski definition) is 4. The van der Waals surface area contributed by atoms with Gasteiger partial charge in [-0.2, -0.15) is 0 Å². The summed E-state index contributed by atoms with van der Waals surface area (Å²) in [7, 11) is 2.93. The molecule has 0 bridgehead atoms. The number of primary amides is 1. The molecule has 2 aromatic carbocycles. The van der Waals surface area contributed by atoms with E-state index in [4.69, 9.17) is 15.2 Å². The molecule has 0 fully saturated rings. The predicted molar refractivity (Wildman–Crippen MR) is 90.0 cm³/mol. The molecular weight excluding hydrogens is 308 g/mol.